The number of nitrogens with two attached hydrogens (primary N) is 1. The summed E-state index contributed by atoms with van der Waals surface area (Å²) in [4.78, 5) is 13.7. The molecule has 1 rings (SSSR count). The van der Waals surface area contributed by atoms with Crippen molar-refractivity contribution in [2.75, 3.05) is 39.5 Å². The van der Waals surface area contributed by atoms with Crippen LogP contribution in [0.4, 0.5) is 0 Å². The van der Waals surface area contributed by atoms with Gasteiger partial charge in [-0.05, 0) is 20.3 Å². The molecule has 8 heteroatoms. The molecule has 1 aliphatic rings. The monoisotopic (exact) mass is 307 g/mol. The topological polar surface area (TPSA) is 92.9 Å². The van der Waals surface area contributed by atoms with Gasteiger partial charge < -0.3 is 10.5 Å². The van der Waals surface area contributed by atoms with Crippen molar-refractivity contribution in [2.24, 2.45) is 5.73 Å². The molecule has 0 radical (unpaired) electrons. The van der Waals surface area contributed by atoms with Gasteiger partial charge in [-0.15, -0.1) is 0 Å². The first-order valence-corrected chi connectivity index (χ1v) is 8.49. The second kappa shape index (κ2) is 6.38. The summed E-state index contributed by atoms with van der Waals surface area (Å²) in [5.74, 6) is -0.431. The Morgan fingerprint density at radius 3 is 2.25 bits per heavy atom. The molecule has 2 unspecified atom stereocenters. The predicted molar refractivity (Wildman–Crippen MR) is 76.7 cm³/mol. The van der Waals surface area contributed by atoms with Crippen LogP contribution >= 0.6 is 0 Å². The normalized spacial score (nSPS) is 23.1. The Balaban J connectivity index is 2.55. The van der Waals surface area contributed by atoms with Crippen molar-refractivity contribution in [3.8, 4) is 0 Å². The molecule has 0 amide bonds. The quantitative estimate of drug-likeness (QED) is 0.671. The summed E-state index contributed by atoms with van der Waals surface area (Å²) in [5, 5.41) is 0. The van der Waals surface area contributed by atoms with Crippen LogP contribution in [0.1, 0.15) is 20.3 Å². The number of rotatable bonds is 5. The average molecular weight is 307 g/mol. The summed E-state index contributed by atoms with van der Waals surface area (Å²) in [6.45, 7) is 5.88. The van der Waals surface area contributed by atoms with E-state index in [2.05, 4.69) is 4.90 Å². The molecule has 2 atom stereocenters. The molecular formula is C12H25N3O4S. The fourth-order valence-corrected chi connectivity index (χ4v) is 3.36. The highest BCUT2D eigenvalue weighted by Gasteiger charge is 2.34. The van der Waals surface area contributed by atoms with Crippen molar-refractivity contribution < 1.29 is 17.9 Å². The summed E-state index contributed by atoms with van der Waals surface area (Å²) < 4.78 is 29.1. The maximum atomic E-state index is 11.6. The Hall–Kier alpha value is -0.700. The number of sulfonamides is 1. The van der Waals surface area contributed by atoms with Crippen LogP contribution in [0.25, 0.3) is 0 Å². The molecule has 0 aliphatic carbocycles. The Bertz CT molecular complexity index is 442. The highest BCUT2D eigenvalue weighted by atomic mass is 32.2. The Labute approximate surface area is 121 Å². The Morgan fingerprint density at radius 2 is 1.85 bits per heavy atom. The van der Waals surface area contributed by atoms with Crippen molar-refractivity contribution in [1.29, 1.82) is 0 Å². The summed E-state index contributed by atoms with van der Waals surface area (Å²) in [5.41, 5.74) is 4.94. The lowest BCUT2D eigenvalue weighted by molar-refractivity contribution is -0.147. The van der Waals surface area contributed by atoms with E-state index in [1.165, 1.54) is 17.7 Å². The van der Waals surface area contributed by atoms with Gasteiger partial charge in [0, 0.05) is 32.2 Å². The van der Waals surface area contributed by atoms with Crippen LogP contribution in [-0.4, -0.2) is 74.7 Å². The minimum Gasteiger partial charge on any atom is -0.468 e. The van der Waals surface area contributed by atoms with Gasteiger partial charge in [0.15, 0.2) is 0 Å². The SMILES string of the molecule is COC(=O)C(C)(N)CC(C)N1CCN(S(C)(=O)=O)CC1. The van der Waals surface area contributed by atoms with Gasteiger partial charge in [0.1, 0.15) is 5.54 Å². The lowest BCUT2D eigenvalue weighted by Crippen LogP contribution is -2.55. The number of hydrogen-bond acceptors (Lipinski definition) is 6. The highest BCUT2D eigenvalue weighted by Crippen LogP contribution is 2.17. The molecule has 2 N–H and O–H groups in total. The van der Waals surface area contributed by atoms with E-state index in [0.717, 1.165) is 0 Å². The molecular weight excluding hydrogens is 282 g/mol. The van der Waals surface area contributed by atoms with Gasteiger partial charge in [-0.1, -0.05) is 0 Å². The van der Waals surface area contributed by atoms with E-state index in [0.29, 0.717) is 32.6 Å². The molecule has 1 saturated heterocycles. The number of carbonyl (C=O) groups excluding carboxylic acids is 1. The van der Waals surface area contributed by atoms with Crippen molar-refractivity contribution in [1.82, 2.24) is 9.21 Å². The van der Waals surface area contributed by atoms with Gasteiger partial charge in [-0.25, -0.2) is 8.42 Å². The maximum Gasteiger partial charge on any atom is 0.325 e. The minimum atomic E-state index is -3.12. The van der Waals surface area contributed by atoms with Crippen LogP contribution < -0.4 is 5.73 Å². The van der Waals surface area contributed by atoms with Gasteiger partial charge in [0.05, 0.1) is 13.4 Å². The van der Waals surface area contributed by atoms with Crippen molar-refractivity contribution in [2.45, 2.75) is 31.8 Å². The van der Waals surface area contributed by atoms with Crippen molar-refractivity contribution in [3.63, 3.8) is 0 Å². The summed E-state index contributed by atoms with van der Waals surface area (Å²) in [7, 11) is -1.80. The van der Waals surface area contributed by atoms with E-state index < -0.39 is 21.5 Å². The number of nitrogens with zero attached hydrogens (tertiary/aromatic N) is 2. The van der Waals surface area contributed by atoms with E-state index in [1.807, 2.05) is 6.92 Å². The fraction of sp³-hybridized carbons (Fsp3) is 0.917. The molecule has 7 nitrogen and oxygen atoms in total. The third kappa shape index (κ3) is 4.41. The van der Waals surface area contributed by atoms with E-state index in [-0.39, 0.29) is 6.04 Å². The van der Waals surface area contributed by atoms with Crippen LogP contribution in [0.2, 0.25) is 0 Å². The number of hydrogen-bond donors (Lipinski definition) is 1. The van der Waals surface area contributed by atoms with Gasteiger partial charge in [0.2, 0.25) is 10.0 Å². The van der Waals surface area contributed by atoms with Gasteiger partial charge in [0.25, 0.3) is 0 Å². The van der Waals surface area contributed by atoms with E-state index >= 15 is 0 Å². The number of methoxy groups -OCH3 is 1. The lowest BCUT2D eigenvalue weighted by atomic mass is 9.94. The molecule has 0 aromatic heterocycles. The largest absolute Gasteiger partial charge is 0.468 e. The minimum absolute atomic E-state index is 0.0887. The molecule has 0 aromatic rings. The molecule has 0 saturated carbocycles. The molecule has 1 fully saturated rings. The van der Waals surface area contributed by atoms with Crippen molar-refractivity contribution >= 4 is 16.0 Å². The summed E-state index contributed by atoms with van der Waals surface area (Å²) in [6.07, 6.45) is 1.69. The van der Waals surface area contributed by atoms with Crippen molar-refractivity contribution in [3.05, 3.63) is 0 Å². The second-order valence-electron chi connectivity index (χ2n) is 5.66. The second-order valence-corrected chi connectivity index (χ2v) is 7.64. The molecule has 0 spiro atoms. The molecule has 118 valence electrons. The number of carbonyl (C=O) groups is 1. The zero-order valence-electron chi connectivity index (χ0n) is 12.6. The first-order chi connectivity index (χ1) is 9.08. The van der Waals surface area contributed by atoms with Crippen LogP contribution in [-0.2, 0) is 19.6 Å². The number of piperazine rings is 1. The lowest BCUT2D eigenvalue weighted by Gasteiger charge is -2.39. The van der Waals surface area contributed by atoms with E-state index in [4.69, 9.17) is 10.5 Å². The maximum absolute atomic E-state index is 11.6. The van der Waals surface area contributed by atoms with Gasteiger partial charge in [-0.3, -0.25) is 9.69 Å². The fourth-order valence-electron chi connectivity index (χ4n) is 2.54. The Morgan fingerprint density at radius 1 is 1.35 bits per heavy atom. The van der Waals surface area contributed by atoms with Crippen LogP contribution in [0.5, 0.6) is 0 Å². The molecule has 20 heavy (non-hydrogen) atoms. The number of esters is 1. The molecule has 1 aliphatic heterocycles. The van der Waals surface area contributed by atoms with Gasteiger partial charge in [-0.2, -0.15) is 4.31 Å². The first kappa shape index (κ1) is 17.4. The standard InChI is InChI=1S/C12H25N3O4S/c1-10(9-12(2,13)11(16)19-3)14-5-7-15(8-6-14)20(4,17)18/h10H,5-9,13H2,1-4H3. The molecule has 1 heterocycles. The molecule has 0 bridgehead atoms. The zero-order chi connectivity index (χ0) is 15.6. The Kier molecular flexibility index (Phi) is 5.54. The highest BCUT2D eigenvalue weighted by molar-refractivity contribution is 7.88. The number of ether oxygens (including phenoxy) is 1. The smallest absolute Gasteiger partial charge is 0.325 e. The summed E-state index contributed by atoms with van der Waals surface area (Å²) in [6, 6.07) is 0.0887. The zero-order valence-corrected chi connectivity index (χ0v) is 13.4. The predicted octanol–water partition coefficient (Wildman–Crippen LogP) is -0.767. The third-order valence-electron chi connectivity index (χ3n) is 3.74. The summed E-state index contributed by atoms with van der Waals surface area (Å²) >= 11 is 0. The van der Waals surface area contributed by atoms with Crippen LogP contribution in [0.15, 0.2) is 0 Å². The molecule has 0 aromatic carbocycles. The first-order valence-electron chi connectivity index (χ1n) is 6.64. The van der Waals surface area contributed by atoms with Crippen LogP contribution in [0.3, 0.4) is 0 Å². The van der Waals surface area contributed by atoms with Crippen LogP contribution in [0, 0.1) is 0 Å². The third-order valence-corrected chi connectivity index (χ3v) is 5.04. The van der Waals surface area contributed by atoms with E-state index in [1.54, 1.807) is 6.92 Å². The van der Waals surface area contributed by atoms with Gasteiger partial charge >= 0.3 is 5.97 Å². The van der Waals surface area contributed by atoms with E-state index in [9.17, 15) is 13.2 Å². The average Bonchev–Trinajstić information content (AvgIpc) is 2.36.